The molecule has 1 aliphatic heterocycles. The second-order valence-electron chi connectivity index (χ2n) is 5.16. The smallest absolute Gasteiger partial charge is 0.221 e. The van der Waals surface area contributed by atoms with Crippen LogP contribution in [-0.2, 0) is 0 Å². The third kappa shape index (κ3) is 1.24. The Hall–Kier alpha value is -2.43. The van der Waals surface area contributed by atoms with Gasteiger partial charge in [0, 0.05) is 6.07 Å². The van der Waals surface area contributed by atoms with Crippen LogP contribution in [0.5, 0.6) is 0 Å². The van der Waals surface area contributed by atoms with Crippen molar-refractivity contribution in [2.45, 2.75) is 0 Å². The van der Waals surface area contributed by atoms with Crippen LogP contribution in [0, 0.1) is 5.21 Å². The van der Waals surface area contributed by atoms with Gasteiger partial charge in [-0.15, -0.1) is 0 Å². The number of hydrogen-bond acceptors (Lipinski definition) is 2. The molecule has 1 aliphatic rings. The molecule has 98 valence electrons. The first-order chi connectivity index (χ1) is 9.60. The first-order valence-corrected chi connectivity index (χ1v) is 6.44. The molecule has 1 N–H and O–H groups in total. The minimum Gasteiger partial charge on any atom is -0.622 e. The van der Waals surface area contributed by atoms with Crippen LogP contribution < -0.4 is 4.65 Å². The number of benzene rings is 2. The molecule has 3 aromatic rings. The molecule has 0 bridgehead atoms. The van der Waals surface area contributed by atoms with E-state index in [0.29, 0.717) is 22.6 Å². The van der Waals surface area contributed by atoms with Crippen molar-refractivity contribution in [2.24, 2.45) is 0 Å². The number of fused-ring (bicyclic) bond motifs is 4. The second-order valence-corrected chi connectivity index (χ2v) is 5.16. The van der Waals surface area contributed by atoms with E-state index in [2.05, 4.69) is 4.98 Å². The summed E-state index contributed by atoms with van der Waals surface area (Å²) in [6.45, 7) is 0. The quantitative estimate of drug-likeness (QED) is 0.499. The molecular formula is C16H12N2O2. The molecular weight excluding hydrogens is 252 g/mol. The molecule has 0 saturated carbocycles. The minimum atomic E-state index is -0.665. The van der Waals surface area contributed by atoms with Gasteiger partial charge in [0.25, 0.3) is 0 Å². The molecule has 0 fully saturated rings. The van der Waals surface area contributed by atoms with Crippen LogP contribution in [0.25, 0.3) is 10.9 Å². The van der Waals surface area contributed by atoms with Gasteiger partial charge in [-0.3, -0.25) is 9.44 Å². The van der Waals surface area contributed by atoms with E-state index < -0.39 is 4.65 Å². The molecule has 0 saturated heterocycles. The van der Waals surface area contributed by atoms with Gasteiger partial charge in [0.05, 0.1) is 23.5 Å². The summed E-state index contributed by atoms with van der Waals surface area (Å²) < 4.78 is -0.665. The third-order valence-corrected chi connectivity index (χ3v) is 3.94. The highest BCUT2D eigenvalue weighted by Gasteiger charge is 2.38. The number of nitrogens with zero attached hydrogens (tertiary/aromatic N) is 1. The molecule has 4 rings (SSSR count). The lowest BCUT2D eigenvalue weighted by Gasteiger charge is -2.40. The molecule has 0 amide bonds. The molecule has 20 heavy (non-hydrogen) atoms. The zero-order valence-corrected chi connectivity index (χ0v) is 10.9. The zero-order valence-electron chi connectivity index (χ0n) is 10.9. The van der Waals surface area contributed by atoms with Gasteiger partial charge in [0.2, 0.25) is 5.78 Å². The lowest BCUT2D eigenvalue weighted by atomic mass is 9.98. The molecule has 1 atom stereocenters. The van der Waals surface area contributed by atoms with Gasteiger partial charge < -0.3 is 10.2 Å². The van der Waals surface area contributed by atoms with E-state index in [-0.39, 0.29) is 5.78 Å². The Morgan fingerprint density at radius 1 is 1.05 bits per heavy atom. The second kappa shape index (κ2) is 3.56. The summed E-state index contributed by atoms with van der Waals surface area (Å²) in [5, 5.41) is 14.0. The zero-order chi connectivity index (χ0) is 13.9. The van der Waals surface area contributed by atoms with Crippen molar-refractivity contribution in [1.29, 1.82) is 0 Å². The summed E-state index contributed by atoms with van der Waals surface area (Å²) in [5.74, 6) is -0.113. The maximum atomic E-state index is 13.2. The van der Waals surface area contributed by atoms with Crippen LogP contribution in [0.15, 0.2) is 48.5 Å². The van der Waals surface area contributed by atoms with Crippen LogP contribution >= 0.6 is 0 Å². The molecule has 1 unspecified atom stereocenters. The number of hydrogen-bond donors (Lipinski definition) is 1. The van der Waals surface area contributed by atoms with Gasteiger partial charge in [0.1, 0.15) is 5.69 Å². The molecule has 4 heteroatoms. The minimum absolute atomic E-state index is 0.113. The number of carbonyl (C=O) groups is 1. The standard InChI is InChI=1S/C16H12N2O2/c1-18(20)13-9-5-3-7-11(13)16(19)14-15(18)10-6-2-4-8-12(10)17-14/h2-9,17H,1H3. The Bertz CT molecular complexity index is 862. The fourth-order valence-corrected chi connectivity index (χ4v) is 3.03. The summed E-state index contributed by atoms with van der Waals surface area (Å²) in [5.41, 5.74) is 2.70. The van der Waals surface area contributed by atoms with Crippen molar-refractivity contribution in [3.05, 3.63) is 65.0 Å². The molecule has 0 aliphatic carbocycles. The lowest BCUT2D eigenvalue weighted by molar-refractivity contribution is 0.103. The number of quaternary nitrogens is 1. The van der Waals surface area contributed by atoms with Gasteiger partial charge in [0.15, 0.2) is 11.4 Å². The van der Waals surface area contributed by atoms with Crippen LogP contribution in [0.1, 0.15) is 16.1 Å². The number of hydroxylamine groups is 1. The largest absolute Gasteiger partial charge is 0.622 e. The van der Waals surface area contributed by atoms with E-state index in [0.717, 1.165) is 10.9 Å². The fraction of sp³-hybridized carbons (Fsp3) is 0.0625. The molecule has 2 aromatic carbocycles. The van der Waals surface area contributed by atoms with Crippen molar-refractivity contribution < 1.29 is 4.79 Å². The highest BCUT2D eigenvalue weighted by atomic mass is 16.5. The molecule has 4 nitrogen and oxygen atoms in total. The van der Waals surface area contributed by atoms with Crippen molar-refractivity contribution in [3.63, 3.8) is 0 Å². The fourth-order valence-electron chi connectivity index (χ4n) is 3.03. The Morgan fingerprint density at radius 2 is 1.75 bits per heavy atom. The van der Waals surface area contributed by atoms with Gasteiger partial charge in [-0.1, -0.05) is 24.3 Å². The number of rotatable bonds is 0. The Morgan fingerprint density at radius 3 is 2.60 bits per heavy atom. The maximum absolute atomic E-state index is 13.2. The highest BCUT2D eigenvalue weighted by Crippen LogP contribution is 2.46. The normalized spacial score (nSPS) is 20.8. The molecule has 1 aromatic heterocycles. The predicted octanol–water partition coefficient (Wildman–Crippen LogP) is 3.48. The van der Waals surface area contributed by atoms with E-state index in [9.17, 15) is 10.0 Å². The maximum Gasteiger partial charge on any atom is 0.221 e. The number of ketones is 1. The van der Waals surface area contributed by atoms with Crippen molar-refractivity contribution in [3.8, 4) is 0 Å². The highest BCUT2D eigenvalue weighted by molar-refractivity contribution is 6.21. The van der Waals surface area contributed by atoms with E-state index in [1.165, 1.54) is 0 Å². The van der Waals surface area contributed by atoms with E-state index in [1.807, 2.05) is 24.3 Å². The Labute approximate surface area is 115 Å². The van der Waals surface area contributed by atoms with Crippen LogP contribution in [0.2, 0.25) is 0 Å². The first-order valence-electron chi connectivity index (χ1n) is 6.44. The number of H-pyrrole nitrogens is 1. The number of aromatic amines is 1. The summed E-state index contributed by atoms with van der Waals surface area (Å²) in [7, 11) is 1.57. The van der Waals surface area contributed by atoms with Crippen LogP contribution in [0.4, 0.5) is 11.4 Å². The van der Waals surface area contributed by atoms with Gasteiger partial charge in [-0.2, -0.15) is 0 Å². The SMILES string of the molecule is C[N+]1([O-])c2ccccc2C(=O)c2[nH]c3ccccc3c21. The van der Waals surface area contributed by atoms with Gasteiger partial charge >= 0.3 is 0 Å². The summed E-state index contributed by atoms with van der Waals surface area (Å²) in [6, 6.07) is 14.5. The molecule has 0 spiro atoms. The van der Waals surface area contributed by atoms with Crippen molar-refractivity contribution in [2.75, 3.05) is 7.05 Å². The van der Waals surface area contributed by atoms with Crippen molar-refractivity contribution >= 4 is 28.1 Å². The number of carbonyl (C=O) groups excluding carboxylic acids is 1. The molecule has 2 heterocycles. The van der Waals surface area contributed by atoms with Crippen molar-refractivity contribution in [1.82, 2.24) is 9.63 Å². The number of nitrogens with one attached hydrogen (secondary N) is 1. The Balaban J connectivity index is 2.16. The van der Waals surface area contributed by atoms with Gasteiger partial charge in [-0.05, 0) is 18.2 Å². The average Bonchev–Trinajstić information content (AvgIpc) is 2.86. The Kier molecular flexibility index (Phi) is 2.03. The molecule has 0 radical (unpaired) electrons. The summed E-state index contributed by atoms with van der Waals surface area (Å²) in [6.07, 6.45) is 0. The first kappa shape index (κ1) is 11.4. The average molecular weight is 264 g/mol. The van der Waals surface area contributed by atoms with Gasteiger partial charge in [-0.25, -0.2) is 0 Å². The van der Waals surface area contributed by atoms with E-state index in [1.54, 1.807) is 31.3 Å². The lowest BCUT2D eigenvalue weighted by Crippen LogP contribution is -2.38. The third-order valence-electron chi connectivity index (χ3n) is 3.94. The number of para-hydroxylation sites is 2. The topological polar surface area (TPSA) is 55.9 Å². The van der Waals surface area contributed by atoms with E-state index >= 15 is 0 Å². The summed E-state index contributed by atoms with van der Waals surface area (Å²) in [4.78, 5) is 15.7. The summed E-state index contributed by atoms with van der Waals surface area (Å²) >= 11 is 0. The van der Waals surface area contributed by atoms with E-state index in [4.69, 9.17) is 0 Å². The predicted molar refractivity (Wildman–Crippen MR) is 78.9 cm³/mol. The van der Waals surface area contributed by atoms with Crippen LogP contribution in [-0.4, -0.2) is 17.8 Å². The van der Waals surface area contributed by atoms with Crippen LogP contribution in [0.3, 0.4) is 0 Å². The number of aromatic nitrogens is 1. The monoisotopic (exact) mass is 264 g/mol.